The summed E-state index contributed by atoms with van der Waals surface area (Å²) in [5, 5.41) is 10.2. The van der Waals surface area contributed by atoms with Crippen LogP contribution in [0.25, 0.3) is 0 Å². The van der Waals surface area contributed by atoms with Gasteiger partial charge in [-0.2, -0.15) is 5.10 Å². The van der Waals surface area contributed by atoms with E-state index in [0.29, 0.717) is 42.6 Å². The van der Waals surface area contributed by atoms with Gasteiger partial charge in [0, 0.05) is 50.8 Å². The Hall–Kier alpha value is -4.13. The summed E-state index contributed by atoms with van der Waals surface area (Å²) < 4.78 is 17.4. The number of carbonyl (C=O) groups excluding carboxylic acids is 5. The predicted octanol–water partition coefficient (Wildman–Crippen LogP) is 4.11. The third-order valence-corrected chi connectivity index (χ3v) is 12.2. The van der Waals surface area contributed by atoms with Crippen molar-refractivity contribution in [1.82, 2.24) is 30.2 Å². The predicted molar refractivity (Wildman–Crippen MR) is 188 cm³/mol. The van der Waals surface area contributed by atoms with Crippen molar-refractivity contribution in [3.8, 4) is 0 Å². The van der Waals surface area contributed by atoms with E-state index in [-0.39, 0.29) is 41.3 Å². The minimum Gasteiger partial charge on any atom is -0.368 e. The topological polar surface area (TPSA) is 137 Å². The van der Waals surface area contributed by atoms with E-state index in [1.165, 1.54) is 32.4 Å². The van der Waals surface area contributed by atoms with Gasteiger partial charge in [-0.15, -0.1) is 0 Å². The number of carbonyl (C=O) groups is 5. The molecule has 1 atom stereocenters. The van der Waals surface area contributed by atoms with Crippen LogP contribution < -0.4 is 15.5 Å². The van der Waals surface area contributed by atoms with Crippen LogP contribution in [-0.2, 0) is 9.59 Å². The molecule has 1 spiro atoms. The summed E-state index contributed by atoms with van der Waals surface area (Å²) >= 11 is 0. The highest BCUT2D eigenvalue weighted by Gasteiger charge is 2.48. The van der Waals surface area contributed by atoms with Crippen LogP contribution in [0.5, 0.6) is 0 Å². The zero-order valence-corrected chi connectivity index (χ0v) is 29.6. The largest absolute Gasteiger partial charge is 0.368 e. The minimum atomic E-state index is -1.14. The Bertz CT molecular complexity index is 1650. The molecule has 5 aliphatic rings. The molecule has 2 saturated carbocycles. The molecule has 4 fully saturated rings. The number of nitrogens with one attached hydrogen (secondary N) is 2. The van der Waals surface area contributed by atoms with E-state index in [0.717, 1.165) is 82.0 Å². The van der Waals surface area contributed by atoms with Crippen molar-refractivity contribution in [2.75, 3.05) is 44.7 Å². The van der Waals surface area contributed by atoms with E-state index in [9.17, 15) is 24.0 Å². The molecule has 7 rings (SSSR count). The van der Waals surface area contributed by atoms with Crippen molar-refractivity contribution in [2.45, 2.75) is 102 Å². The summed E-state index contributed by atoms with van der Waals surface area (Å²) in [6.07, 6.45) is 16.5. The molecule has 2 saturated heterocycles. The lowest BCUT2D eigenvalue weighted by molar-refractivity contribution is -0.124. The van der Waals surface area contributed by atoms with Gasteiger partial charge in [0.25, 0.3) is 17.7 Å². The quantitative estimate of drug-likeness (QED) is 0.264. The monoisotopic (exact) mass is 703 g/mol. The van der Waals surface area contributed by atoms with Crippen LogP contribution in [-0.4, -0.2) is 101 Å². The molecule has 1 aromatic carbocycles. The Morgan fingerprint density at radius 3 is 2.35 bits per heavy atom. The number of aldehydes is 1. The second-order valence-electron chi connectivity index (χ2n) is 15.6. The van der Waals surface area contributed by atoms with Crippen molar-refractivity contribution in [1.29, 1.82) is 0 Å². The summed E-state index contributed by atoms with van der Waals surface area (Å²) in [5.74, 6) is -1.83. The van der Waals surface area contributed by atoms with E-state index in [1.807, 2.05) is 15.8 Å². The molecule has 51 heavy (non-hydrogen) atoms. The van der Waals surface area contributed by atoms with Gasteiger partial charge in [-0.05, 0) is 88.9 Å². The fourth-order valence-corrected chi connectivity index (χ4v) is 9.15. The molecule has 4 heterocycles. The standard InChI is InChI=1S/C38H50FN7O5/c1-40-35(49)32(8-5-17-47)46-36(50)29-18-31(39)33(19-30(29)37(46)51)44-23-38(24-44)13-15-43(16-14-38)21-25-9-11-28(12-10-25)45-22-26(20-41-45)34(48)42-27-6-3-2-4-7-27/h17-20,22,25,27-28,32H,2-16,21,23-24H2,1H3,(H,40,49)(H,42,48). The Labute approximate surface area is 298 Å². The lowest BCUT2D eigenvalue weighted by atomic mass is 9.71. The molecule has 0 bridgehead atoms. The number of halogens is 1. The van der Waals surface area contributed by atoms with Gasteiger partial charge < -0.3 is 25.2 Å². The highest BCUT2D eigenvalue weighted by Crippen LogP contribution is 2.45. The maximum absolute atomic E-state index is 15.4. The lowest BCUT2D eigenvalue weighted by Crippen LogP contribution is -2.61. The maximum Gasteiger partial charge on any atom is 0.262 e. The molecule has 1 unspecified atom stereocenters. The number of benzene rings is 1. The molecule has 12 nitrogen and oxygen atoms in total. The third kappa shape index (κ3) is 7.18. The summed E-state index contributed by atoms with van der Waals surface area (Å²) in [5.41, 5.74) is 1.11. The van der Waals surface area contributed by atoms with E-state index in [4.69, 9.17) is 0 Å². The number of fused-ring (bicyclic) bond motifs is 1. The molecular weight excluding hydrogens is 653 g/mol. The first-order chi connectivity index (χ1) is 24.7. The number of likely N-dealkylation sites (tertiary alicyclic amines) is 1. The second-order valence-corrected chi connectivity index (χ2v) is 15.6. The highest BCUT2D eigenvalue weighted by molar-refractivity contribution is 6.23. The van der Waals surface area contributed by atoms with Crippen molar-refractivity contribution in [3.05, 3.63) is 47.0 Å². The van der Waals surface area contributed by atoms with Crippen LogP contribution in [0.3, 0.4) is 0 Å². The Kier molecular flexibility index (Phi) is 10.3. The Morgan fingerprint density at radius 1 is 1.00 bits per heavy atom. The van der Waals surface area contributed by atoms with Gasteiger partial charge in [0.15, 0.2) is 0 Å². The van der Waals surface area contributed by atoms with Gasteiger partial charge in [-0.25, -0.2) is 4.39 Å². The zero-order valence-electron chi connectivity index (χ0n) is 29.6. The molecular formula is C38H50FN7O5. The number of nitrogens with zero attached hydrogens (tertiary/aromatic N) is 5. The number of aromatic nitrogens is 2. The summed E-state index contributed by atoms with van der Waals surface area (Å²) in [7, 11) is 1.40. The molecule has 274 valence electrons. The maximum atomic E-state index is 15.4. The highest BCUT2D eigenvalue weighted by atomic mass is 19.1. The van der Waals surface area contributed by atoms with Crippen LogP contribution in [0.2, 0.25) is 0 Å². The number of hydrogen-bond acceptors (Lipinski definition) is 8. The second kappa shape index (κ2) is 14.8. The van der Waals surface area contributed by atoms with Crippen LogP contribution in [0.15, 0.2) is 24.5 Å². The van der Waals surface area contributed by atoms with Crippen LogP contribution in [0.4, 0.5) is 10.1 Å². The van der Waals surface area contributed by atoms with Gasteiger partial charge in [-0.3, -0.25) is 28.8 Å². The molecule has 1 aromatic heterocycles. The first-order valence-corrected chi connectivity index (χ1v) is 18.9. The number of imide groups is 1. The first-order valence-electron chi connectivity index (χ1n) is 18.9. The molecule has 13 heteroatoms. The Balaban J connectivity index is 0.876. The molecule has 0 radical (unpaired) electrons. The fraction of sp³-hybridized carbons (Fsp3) is 0.632. The number of amides is 4. The number of piperidine rings is 1. The smallest absolute Gasteiger partial charge is 0.262 e. The Morgan fingerprint density at radius 2 is 1.69 bits per heavy atom. The normalized spacial score (nSPS) is 24.3. The van der Waals surface area contributed by atoms with Crippen LogP contribution in [0.1, 0.15) is 121 Å². The molecule has 2 aromatic rings. The van der Waals surface area contributed by atoms with Gasteiger partial charge in [-0.1, -0.05) is 19.3 Å². The summed E-state index contributed by atoms with van der Waals surface area (Å²) in [4.78, 5) is 68.2. The SMILES string of the molecule is CNC(=O)C(CCC=O)N1C(=O)c2cc(F)c(N3CC4(CCN(CC5CCC(n6cc(C(=O)NC7CCCCC7)cn6)CC5)CC4)C3)cc2C1=O. The molecule has 2 aliphatic carbocycles. The number of hydrogen-bond donors (Lipinski definition) is 2. The molecule has 4 amide bonds. The van der Waals surface area contributed by atoms with E-state index in [2.05, 4.69) is 20.6 Å². The van der Waals surface area contributed by atoms with Crippen molar-refractivity contribution in [2.24, 2.45) is 11.3 Å². The van der Waals surface area contributed by atoms with Gasteiger partial charge in [0.2, 0.25) is 5.91 Å². The lowest BCUT2D eigenvalue weighted by Gasteiger charge is -2.55. The fourth-order valence-electron chi connectivity index (χ4n) is 9.15. The van der Waals surface area contributed by atoms with Gasteiger partial charge in [0.1, 0.15) is 18.1 Å². The van der Waals surface area contributed by atoms with Gasteiger partial charge >= 0.3 is 0 Å². The average Bonchev–Trinajstić information content (AvgIpc) is 3.71. The molecule has 2 N–H and O–H groups in total. The van der Waals surface area contributed by atoms with Crippen molar-refractivity contribution < 1.29 is 28.4 Å². The average molecular weight is 704 g/mol. The number of anilines is 1. The molecule has 3 aliphatic heterocycles. The van der Waals surface area contributed by atoms with E-state index in [1.54, 1.807) is 6.20 Å². The van der Waals surface area contributed by atoms with Crippen molar-refractivity contribution in [3.63, 3.8) is 0 Å². The number of likely N-dealkylation sites (N-methyl/N-ethyl adjacent to an activating group) is 1. The number of rotatable bonds is 11. The third-order valence-electron chi connectivity index (χ3n) is 12.2. The minimum absolute atomic E-state index is 0.00425. The van der Waals surface area contributed by atoms with Crippen molar-refractivity contribution >= 4 is 35.6 Å². The van der Waals surface area contributed by atoms with Gasteiger partial charge in [0.05, 0.1) is 34.6 Å². The first kappa shape index (κ1) is 35.3. The van der Waals surface area contributed by atoms with Crippen LogP contribution in [0, 0.1) is 17.2 Å². The summed E-state index contributed by atoms with van der Waals surface area (Å²) in [6.45, 7) is 4.47. The van der Waals surface area contributed by atoms with Crippen LogP contribution >= 0.6 is 0 Å². The zero-order chi connectivity index (χ0) is 35.7. The summed E-state index contributed by atoms with van der Waals surface area (Å²) in [6, 6.07) is 2.06. The van der Waals surface area contributed by atoms with E-state index < -0.39 is 29.6 Å². The van der Waals surface area contributed by atoms with E-state index >= 15 is 4.39 Å².